The Balaban J connectivity index is 1.62. The minimum Gasteiger partial charge on any atom is -0.494 e. The first-order valence-electron chi connectivity index (χ1n) is 7.85. The Morgan fingerprint density at radius 3 is 2.45 bits per heavy atom. The van der Waals surface area contributed by atoms with E-state index in [2.05, 4.69) is 49.6 Å². The van der Waals surface area contributed by atoms with Crippen molar-refractivity contribution in [3.63, 3.8) is 0 Å². The van der Waals surface area contributed by atoms with Crippen molar-refractivity contribution in [2.24, 2.45) is 0 Å². The van der Waals surface area contributed by atoms with Crippen molar-refractivity contribution in [3.05, 3.63) is 72.4 Å². The predicted molar refractivity (Wildman–Crippen MR) is 92.5 cm³/mol. The molecule has 0 aliphatic carbocycles. The van der Waals surface area contributed by atoms with Crippen molar-refractivity contribution in [3.8, 4) is 5.75 Å². The Morgan fingerprint density at radius 2 is 1.68 bits per heavy atom. The van der Waals surface area contributed by atoms with Gasteiger partial charge >= 0.3 is 0 Å². The standard InChI is InChI=1S/C20H23NO/c1-16-20(2,3)18-12-7-8-13-19(18)21(16)14-9-15-22-17-10-5-4-6-11-17/h4-8,10-13H,1,9,14-15H2,2-3H3. The molecule has 114 valence electrons. The molecule has 0 N–H and O–H groups in total. The highest BCUT2D eigenvalue weighted by molar-refractivity contribution is 5.69. The van der Waals surface area contributed by atoms with Crippen LogP contribution in [0.2, 0.25) is 0 Å². The highest BCUT2D eigenvalue weighted by Gasteiger charge is 2.38. The van der Waals surface area contributed by atoms with Gasteiger partial charge < -0.3 is 9.64 Å². The summed E-state index contributed by atoms with van der Waals surface area (Å²) in [5.74, 6) is 0.934. The van der Waals surface area contributed by atoms with Gasteiger partial charge in [0.1, 0.15) is 5.75 Å². The summed E-state index contributed by atoms with van der Waals surface area (Å²) in [5, 5.41) is 0. The molecule has 0 aromatic heterocycles. The largest absolute Gasteiger partial charge is 0.494 e. The lowest BCUT2D eigenvalue weighted by Gasteiger charge is -2.25. The van der Waals surface area contributed by atoms with Crippen LogP contribution in [0, 0.1) is 0 Å². The van der Waals surface area contributed by atoms with E-state index < -0.39 is 0 Å². The number of hydrogen-bond donors (Lipinski definition) is 0. The monoisotopic (exact) mass is 293 g/mol. The molecule has 2 aromatic rings. The molecular weight excluding hydrogens is 270 g/mol. The first kappa shape index (κ1) is 14.7. The third-order valence-corrected chi connectivity index (χ3v) is 4.45. The Kier molecular flexibility index (Phi) is 3.93. The van der Waals surface area contributed by atoms with Gasteiger partial charge in [0.25, 0.3) is 0 Å². The van der Waals surface area contributed by atoms with Gasteiger partial charge in [-0.1, -0.05) is 56.8 Å². The van der Waals surface area contributed by atoms with Gasteiger partial charge in [-0.2, -0.15) is 0 Å². The average molecular weight is 293 g/mol. The minimum absolute atomic E-state index is 0.0108. The van der Waals surface area contributed by atoms with Crippen LogP contribution in [-0.2, 0) is 5.41 Å². The summed E-state index contributed by atoms with van der Waals surface area (Å²) in [4.78, 5) is 2.34. The number of rotatable bonds is 5. The zero-order valence-corrected chi connectivity index (χ0v) is 13.4. The smallest absolute Gasteiger partial charge is 0.119 e. The fourth-order valence-corrected chi connectivity index (χ4v) is 3.06. The molecule has 1 aliphatic rings. The number of allylic oxidation sites excluding steroid dienone is 1. The van der Waals surface area contributed by atoms with Gasteiger partial charge in [0.2, 0.25) is 0 Å². The maximum atomic E-state index is 5.78. The summed E-state index contributed by atoms with van der Waals surface area (Å²) in [5.41, 5.74) is 3.84. The third-order valence-electron chi connectivity index (χ3n) is 4.45. The number of nitrogens with zero attached hydrogens (tertiary/aromatic N) is 1. The van der Waals surface area contributed by atoms with Crippen LogP contribution in [0.1, 0.15) is 25.8 Å². The van der Waals surface area contributed by atoms with Gasteiger partial charge in [-0.15, -0.1) is 0 Å². The Bertz CT molecular complexity index is 660. The normalized spacial score (nSPS) is 15.7. The highest BCUT2D eigenvalue weighted by Crippen LogP contribution is 2.46. The SMILES string of the molecule is C=C1N(CCCOc2ccccc2)c2ccccc2C1(C)C. The molecule has 1 aliphatic heterocycles. The maximum Gasteiger partial charge on any atom is 0.119 e. The van der Waals surface area contributed by atoms with Gasteiger partial charge in [0.15, 0.2) is 0 Å². The molecule has 0 amide bonds. The predicted octanol–water partition coefficient (Wildman–Crippen LogP) is 4.77. The molecule has 2 nitrogen and oxygen atoms in total. The molecule has 0 unspecified atom stereocenters. The molecule has 0 atom stereocenters. The van der Waals surface area contributed by atoms with E-state index >= 15 is 0 Å². The Labute approximate surface area is 133 Å². The second-order valence-corrected chi connectivity index (χ2v) is 6.26. The highest BCUT2D eigenvalue weighted by atomic mass is 16.5. The quantitative estimate of drug-likeness (QED) is 0.736. The van der Waals surface area contributed by atoms with Crippen LogP contribution in [0.5, 0.6) is 5.75 Å². The molecule has 0 bridgehead atoms. The number of hydrogen-bond acceptors (Lipinski definition) is 2. The second kappa shape index (κ2) is 5.88. The third kappa shape index (κ3) is 2.61. The fourth-order valence-electron chi connectivity index (χ4n) is 3.06. The summed E-state index contributed by atoms with van der Waals surface area (Å²) in [6.45, 7) is 10.5. The molecule has 2 aromatic carbocycles. The van der Waals surface area contributed by atoms with Gasteiger partial charge in [-0.25, -0.2) is 0 Å². The van der Waals surface area contributed by atoms with E-state index in [1.807, 2.05) is 30.3 Å². The van der Waals surface area contributed by atoms with E-state index in [0.717, 1.165) is 25.3 Å². The van der Waals surface area contributed by atoms with E-state index in [-0.39, 0.29) is 5.41 Å². The number of para-hydroxylation sites is 2. The Hall–Kier alpha value is -2.22. The molecule has 3 rings (SSSR count). The lowest BCUT2D eigenvalue weighted by Crippen LogP contribution is -2.26. The van der Waals surface area contributed by atoms with Gasteiger partial charge in [-0.05, 0) is 30.2 Å². The summed E-state index contributed by atoms with van der Waals surface area (Å²) in [6, 6.07) is 18.6. The van der Waals surface area contributed by atoms with E-state index in [1.54, 1.807) is 0 Å². The van der Waals surface area contributed by atoms with Crippen LogP contribution >= 0.6 is 0 Å². The van der Waals surface area contributed by atoms with E-state index in [4.69, 9.17) is 4.74 Å². The van der Waals surface area contributed by atoms with Crippen LogP contribution in [0.15, 0.2) is 66.9 Å². The van der Waals surface area contributed by atoms with Gasteiger partial charge in [-0.3, -0.25) is 0 Å². The number of ether oxygens (including phenoxy) is 1. The van der Waals surface area contributed by atoms with E-state index in [1.165, 1.54) is 16.9 Å². The summed E-state index contributed by atoms with van der Waals surface area (Å²) in [6.07, 6.45) is 0.971. The number of fused-ring (bicyclic) bond motifs is 1. The van der Waals surface area contributed by atoms with Crippen LogP contribution in [0.4, 0.5) is 5.69 Å². The summed E-state index contributed by atoms with van der Waals surface area (Å²) >= 11 is 0. The molecule has 0 saturated heterocycles. The molecule has 0 spiro atoms. The lowest BCUT2D eigenvalue weighted by molar-refractivity contribution is 0.312. The molecule has 22 heavy (non-hydrogen) atoms. The second-order valence-electron chi connectivity index (χ2n) is 6.26. The van der Waals surface area contributed by atoms with Gasteiger partial charge in [0.05, 0.1) is 6.61 Å². The van der Waals surface area contributed by atoms with Gasteiger partial charge in [0, 0.05) is 23.3 Å². The van der Waals surface area contributed by atoms with E-state index in [9.17, 15) is 0 Å². The van der Waals surface area contributed by atoms with Crippen molar-refractivity contribution in [2.45, 2.75) is 25.7 Å². The molecule has 0 radical (unpaired) electrons. The first-order chi connectivity index (χ1) is 10.6. The van der Waals surface area contributed by atoms with Crippen LogP contribution in [0.25, 0.3) is 0 Å². The average Bonchev–Trinajstić information content (AvgIpc) is 2.73. The van der Waals surface area contributed by atoms with Crippen molar-refractivity contribution in [1.82, 2.24) is 0 Å². The lowest BCUT2D eigenvalue weighted by atomic mass is 9.84. The Morgan fingerprint density at radius 1 is 1.00 bits per heavy atom. The zero-order valence-electron chi connectivity index (χ0n) is 13.4. The van der Waals surface area contributed by atoms with Crippen molar-refractivity contribution in [1.29, 1.82) is 0 Å². The first-order valence-corrected chi connectivity index (χ1v) is 7.85. The number of benzene rings is 2. The van der Waals surface area contributed by atoms with Crippen molar-refractivity contribution in [2.75, 3.05) is 18.1 Å². The molecule has 0 saturated carbocycles. The maximum absolute atomic E-state index is 5.78. The fraction of sp³-hybridized carbons (Fsp3) is 0.300. The minimum atomic E-state index is 0.0108. The molecule has 0 fully saturated rings. The zero-order chi connectivity index (χ0) is 15.6. The molecule has 2 heteroatoms. The van der Waals surface area contributed by atoms with Crippen LogP contribution in [-0.4, -0.2) is 13.2 Å². The van der Waals surface area contributed by atoms with Crippen LogP contribution < -0.4 is 9.64 Å². The van der Waals surface area contributed by atoms with Crippen molar-refractivity contribution >= 4 is 5.69 Å². The van der Waals surface area contributed by atoms with Crippen LogP contribution in [0.3, 0.4) is 0 Å². The summed E-state index contributed by atoms with van der Waals surface area (Å²) < 4.78 is 5.78. The summed E-state index contributed by atoms with van der Waals surface area (Å²) in [7, 11) is 0. The van der Waals surface area contributed by atoms with E-state index in [0.29, 0.717) is 0 Å². The number of anilines is 1. The molecule has 1 heterocycles. The topological polar surface area (TPSA) is 12.5 Å². The van der Waals surface area contributed by atoms with Crippen molar-refractivity contribution < 1.29 is 4.74 Å². The molecular formula is C20H23NO.